The summed E-state index contributed by atoms with van der Waals surface area (Å²) in [6, 6.07) is 11.3. The van der Waals surface area contributed by atoms with Crippen molar-refractivity contribution in [3.05, 3.63) is 42.2 Å². The average Bonchev–Trinajstić information content (AvgIpc) is 2.81. The molecule has 19 heavy (non-hydrogen) atoms. The SMILES string of the molecule is N#Cc1ccc(Sc2nc3ccc(N)cc3s2)cn1. The van der Waals surface area contributed by atoms with E-state index in [-0.39, 0.29) is 0 Å². The molecule has 0 spiro atoms. The van der Waals surface area contributed by atoms with Crippen LogP contribution in [-0.4, -0.2) is 9.97 Å². The zero-order chi connectivity index (χ0) is 13.2. The fraction of sp³-hybridized carbons (Fsp3) is 0. The molecule has 6 heteroatoms. The molecule has 0 fully saturated rings. The van der Waals surface area contributed by atoms with E-state index >= 15 is 0 Å². The number of hydrogen-bond acceptors (Lipinski definition) is 6. The monoisotopic (exact) mass is 284 g/mol. The van der Waals surface area contributed by atoms with E-state index in [0.717, 1.165) is 25.1 Å². The highest BCUT2D eigenvalue weighted by molar-refractivity contribution is 8.01. The van der Waals surface area contributed by atoms with E-state index in [0.29, 0.717) is 5.69 Å². The summed E-state index contributed by atoms with van der Waals surface area (Å²) in [5, 5.41) is 8.70. The molecule has 0 bridgehead atoms. The van der Waals surface area contributed by atoms with Crippen LogP contribution >= 0.6 is 23.1 Å². The third-order valence-electron chi connectivity index (χ3n) is 2.45. The van der Waals surface area contributed by atoms with Crippen molar-refractivity contribution in [2.45, 2.75) is 9.24 Å². The molecule has 0 aliphatic carbocycles. The largest absolute Gasteiger partial charge is 0.399 e. The molecule has 1 aromatic carbocycles. The van der Waals surface area contributed by atoms with Gasteiger partial charge in [0.2, 0.25) is 0 Å². The number of fused-ring (bicyclic) bond motifs is 1. The van der Waals surface area contributed by atoms with Gasteiger partial charge < -0.3 is 5.73 Å². The Hall–Kier alpha value is -2.10. The van der Waals surface area contributed by atoms with Crippen LogP contribution in [0.5, 0.6) is 0 Å². The highest BCUT2D eigenvalue weighted by Gasteiger charge is 2.06. The van der Waals surface area contributed by atoms with Crippen LogP contribution in [0, 0.1) is 11.3 Å². The Kier molecular flexibility index (Phi) is 3.07. The second kappa shape index (κ2) is 4.88. The summed E-state index contributed by atoms with van der Waals surface area (Å²) < 4.78 is 2.01. The highest BCUT2D eigenvalue weighted by atomic mass is 32.2. The Morgan fingerprint density at radius 2 is 2.16 bits per heavy atom. The van der Waals surface area contributed by atoms with Crippen molar-refractivity contribution in [2.75, 3.05) is 5.73 Å². The third-order valence-corrected chi connectivity index (χ3v) is 4.50. The summed E-state index contributed by atoms with van der Waals surface area (Å²) >= 11 is 3.13. The first-order valence-electron chi connectivity index (χ1n) is 5.45. The molecular formula is C13H8N4S2. The maximum absolute atomic E-state index is 8.70. The summed E-state index contributed by atoms with van der Waals surface area (Å²) in [6.45, 7) is 0. The van der Waals surface area contributed by atoms with E-state index < -0.39 is 0 Å². The zero-order valence-electron chi connectivity index (χ0n) is 9.70. The number of thiazole rings is 1. The number of hydrogen-bond donors (Lipinski definition) is 1. The van der Waals surface area contributed by atoms with Gasteiger partial charge in [0.25, 0.3) is 0 Å². The van der Waals surface area contributed by atoms with Gasteiger partial charge in [-0.3, -0.25) is 0 Å². The molecule has 0 unspecified atom stereocenters. The first-order chi connectivity index (χ1) is 9.24. The number of nitrogens with zero attached hydrogens (tertiary/aromatic N) is 3. The van der Waals surface area contributed by atoms with E-state index in [1.54, 1.807) is 23.6 Å². The van der Waals surface area contributed by atoms with Gasteiger partial charge in [0, 0.05) is 16.8 Å². The lowest BCUT2D eigenvalue weighted by Crippen LogP contribution is -1.81. The van der Waals surface area contributed by atoms with Gasteiger partial charge in [-0.15, -0.1) is 11.3 Å². The predicted molar refractivity (Wildman–Crippen MR) is 77.1 cm³/mol. The lowest BCUT2D eigenvalue weighted by atomic mass is 10.3. The standard InChI is InChI=1S/C13H8N4S2/c14-6-9-2-3-10(7-16-9)18-13-17-11-4-1-8(15)5-12(11)19-13/h1-5,7H,15H2. The van der Waals surface area contributed by atoms with Gasteiger partial charge in [-0.25, -0.2) is 9.97 Å². The van der Waals surface area contributed by atoms with Gasteiger partial charge in [-0.1, -0.05) is 11.8 Å². The van der Waals surface area contributed by atoms with Crippen LogP contribution < -0.4 is 5.73 Å². The van der Waals surface area contributed by atoms with Gasteiger partial charge in [-0.05, 0) is 30.3 Å². The Labute approximate surface area is 117 Å². The van der Waals surface area contributed by atoms with Crippen LogP contribution in [0.1, 0.15) is 5.69 Å². The second-order valence-corrected chi connectivity index (χ2v) is 6.15. The van der Waals surface area contributed by atoms with Gasteiger partial charge in [0.15, 0.2) is 4.34 Å². The third kappa shape index (κ3) is 2.52. The van der Waals surface area contributed by atoms with Crippen LogP contribution in [0.2, 0.25) is 0 Å². The minimum Gasteiger partial charge on any atom is -0.399 e. The van der Waals surface area contributed by atoms with Crippen molar-refractivity contribution in [1.29, 1.82) is 5.26 Å². The number of benzene rings is 1. The number of anilines is 1. The zero-order valence-corrected chi connectivity index (χ0v) is 11.3. The predicted octanol–water partition coefficient (Wildman–Crippen LogP) is 3.30. The Bertz CT molecular complexity index is 771. The van der Waals surface area contributed by atoms with E-state index in [9.17, 15) is 0 Å². The van der Waals surface area contributed by atoms with Gasteiger partial charge >= 0.3 is 0 Å². The number of nitrogen functional groups attached to an aromatic ring is 1. The Morgan fingerprint density at radius 1 is 1.26 bits per heavy atom. The summed E-state index contributed by atoms with van der Waals surface area (Å²) in [5.74, 6) is 0. The molecular weight excluding hydrogens is 276 g/mol. The minimum atomic E-state index is 0.418. The van der Waals surface area contributed by atoms with Crippen molar-refractivity contribution in [1.82, 2.24) is 9.97 Å². The topological polar surface area (TPSA) is 75.6 Å². The lowest BCUT2D eigenvalue weighted by Gasteiger charge is -1.95. The normalized spacial score (nSPS) is 10.5. The lowest BCUT2D eigenvalue weighted by molar-refractivity contribution is 1.19. The molecule has 0 atom stereocenters. The van der Waals surface area contributed by atoms with Crippen LogP contribution in [0.25, 0.3) is 10.2 Å². The fourth-order valence-corrected chi connectivity index (χ4v) is 3.63. The van der Waals surface area contributed by atoms with Crippen molar-refractivity contribution in [3.8, 4) is 6.07 Å². The summed E-state index contributed by atoms with van der Waals surface area (Å²) in [4.78, 5) is 9.53. The number of aromatic nitrogens is 2. The summed E-state index contributed by atoms with van der Waals surface area (Å²) in [6.07, 6.45) is 1.68. The smallest absolute Gasteiger partial charge is 0.155 e. The fourth-order valence-electron chi connectivity index (χ4n) is 1.57. The van der Waals surface area contributed by atoms with E-state index in [4.69, 9.17) is 11.0 Å². The van der Waals surface area contributed by atoms with Crippen molar-refractivity contribution in [2.24, 2.45) is 0 Å². The molecule has 0 aliphatic heterocycles. The van der Waals surface area contributed by atoms with E-state index in [1.165, 1.54) is 11.8 Å². The minimum absolute atomic E-state index is 0.418. The Morgan fingerprint density at radius 3 is 2.89 bits per heavy atom. The molecule has 2 aromatic heterocycles. The molecule has 0 amide bonds. The molecule has 0 saturated carbocycles. The van der Waals surface area contributed by atoms with Crippen LogP contribution in [0.4, 0.5) is 5.69 Å². The van der Waals surface area contributed by atoms with Crippen molar-refractivity contribution >= 4 is 39.0 Å². The number of nitriles is 1. The van der Waals surface area contributed by atoms with E-state index in [1.807, 2.05) is 30.3 Å². The number of rotatable bonds is 2. The van der Waals surface area contributed by atoms with Crippen molar-refractivity contribution in [3.63, 3.8) is 0 Å². The Balaban J connectivity index is 1.90. The quantitative estimate of drug-likeness (QED) is 0.731. The molecule has 92 valence electrons. The van der Waals surface area contributed by atoms with Gasteiger partial charge in [0.05, 0.1) is 10.2 Å². The number of pyridine rings is 1. The van der Waals surface area contributed by atoms with E-state index in [2.05, 4.69) is 9.97 Å². The van der Waals surface area contributed by atoms with Gasteiger partial charge in [0.1, 0.15) is 11.8 Å². The molecule has 2 N–H and O–H groups in total. The maximum Gasteiger partial charge on any atom is 0.155 e. The molecule has 2 heterocycles. The molecule has 0 saturated heterocycles. The average molecular weight is 284 g/mol. The second-order valence-electron chi connectivity index (χ2n) is 3.80. The summed E-state index contributed by atoms with van der Waals surface area (Å²) in [5.41, 5.74) is 7.86. The summed E-state index contributed by atoms with van der Waals surface area (Å²) in [7, 11) is 0. The van der Waals surface area contributed by atoms with Gasteiger partial charge in [-0.2, -0.15) is 5.26 Å². The number of nitrogens with two attached hydrogens (primary N) is 1. The molecule has 4 nitrogen and oxygen atoms in total. The highest BCUT2D eigenvalue weighted by Crippen LogP contribution is 2.34. The van der Waals surface area contributed by atoms with Crippen LogP contribution in [0.3, 0.4) is 0 Å². The molecule has 0 aliphatic rings. The van der Waals surface area contributed by atoms with Crippen molar-refractivity contribution < 1.29 is 0 Å². The van der Waals surface area contributed by atoms with Crippen LogP contribution in [-0.2, 0) is 0 Å². The maximum atomic E-state index is 8.70. The molecule has 3 aromatic rings. The molecule has 3 rings (SSSR count). The molecule has 0 radical (unpaired) electrons. The first kappa shape index (κ1) is 12.0. The van der Waals surface area contributed by atoms with Crippen LogP contribution in [0.15, 0.2) is 45.8 Å². The first-order valence-corrected chi connectivity index (χ1v) is 7.08.